The topological polar surface area (TPSA) is 42.0 Å². The van der Waals surface area contributed by atoms with Crippen LogP contribution in [0.15, 0.2) is 42.5 Å². The van der Waals surface area contributed by atoms with Gasteiger partial charge in [-0.25, -0.2) is 0 Å². The second-order valence-electron chi connectivity index (χ2n) is 7.59. The molecule has 5 heteroatoms. The van der Waals surface area contributed by atoms with Gasteiger partial charge < -0.3 is 19.3 Å². The first kappa shape index (κ1) is 16.5. The molecule has 140 valence electrons. The minimum atomic E-state index is 0.131. The molecule has 2 fully saturated rings. The number of hydrogen-bond acceptors (Lipinski definition) is 4. The summed E-state index contributed by atoms with van der Waals surface area (Å²) in [5.74, 6) is 2.11. The van der Waals surface area contributed by atoms with Crippen LogP contribution in [0.1, 0.15) is 41.1 Å². The SMILES string of the molecule is O=C(c1ccc(N2CCCC2)cc1)N1CCC(c2ccc3c(c2)OCO3)C1. The number of likely N-dealkylation sites (tertiary alicyclic amines) is 1. The molecule has 5 nitrogen and oxygen atoms in total. The zero-order valence-electron chi connectivity index (χ0n) is 15.4. The van der Waals surface area contributed by atoms with Gasteiger partial charge in [0.05, 0.1) is 0 Å². The molecule has 2 aromatic rings. The predicted octanol–water partition coefficient (Wildman–Crippen LogP) is 3.65. The summed E-state index contributed by atoms with van der Waals surface area (Å²) in [4.78, 5) is 17.3. The zero-order chi connectivity index (χ0) is 18.2. The van der Waals surface area contributed by atoms with Gasteiger partial charge in [-0.2, -0.15) is 0 Å². The Morgan fingerprint density at radius 1 is 0.926 bits per heavy atom. The lowest BCUT2D eigenvalue weighted by molar-refractivity contribution is 0.0791. The van der Waals surface area contributed by atoms with E-state index in [9.17, 15) is 4.79 Å². The van der Waals surface area contributed by atoms with Gasteiger partial charge in [0.25, 0.3) is 5.91 Å². The maximum absolute atomic E-state index is 12.9. The molecule has 0 radical (unpaired) electrons. The number of benzene rings is 2. The van der Waals surface area contributed by atoms with Crippen molar-refractivity contribution in [1.29, 1.82) is 0 Å². The largest absolute Gasteiger partial charge is 0.454 e. The van der Waals surface area contributed by atoms with E-state index in [-0.39, 0.29) is 5.91 Å². The van der Waals surface area contributed by atoms with Crippen LogP contribution in [0.5, 0.6) is 11.5 Å². The highest BCUT2D eigenvalue weighted by Crippen LogP contribution is 2.37. The molecule has 2 aromatic carbocycles. The van der Waals surface area contributed by atoms with Crippen LogP contribution in [0.2, 0.25) is 0 Å². The van der Waals surface area contributed by atoms with Crippen LogP contribution in [0.3, 0.4) is 0 Å². The number of fused-ring (bicyclic) bond motifs is 1. The quantitative estimate of drug-likeness (QED) is 0.834. The highest BCUT2D eigenvalue weighted by atomic mass is 16.7. The number of amides is 1. The van der Waals surface area contributed by atoms with Crippen molar-refractivity contribution in [2.75, 3.05) is 37.9 Å². The van der Waals surface area contributed by atoms with E-state index >= 15 is 0 Å². The van der Waals surface area contributed by atoms with Crippen molar-refractivity contribution < 1.29 is 14.3 Å². The highest BCUT2D eigenvalue weighted by molar-refractivity contribution is 5.94. The van der Waals surface area contributed by atoms with Gasteiger partial charge in [0.2, 0.25) is 6.79 Å². The van der Waals surface area contributed by atoms with Crippen molar-refractivity contribution in [2.45, 2.75) is 25.2 Å². The highest BCUT2D eigenvalue weighted by Gasteiger charge is 2.29. The summed E-state index contributed by atoms with van der Waals surface area (Å²) in [5.41, 5.74) is 3.23. The van der Waals surface area contributed by atoms with Gasteiger partial charge in [-0.3, -0.25) is 4.79 Å². The van der Waals surface area contributed by atoms with E-state index in [2.05, 4.69) is 29.2 Å². The fourth-order valence-corrected chi connectivity index (χ4v) is 4.36. The normalized spacial score (nSPS) is 21.1. The molecule has 0 saturated carbocycles. The van der Waals surface area contributed by atoms with Crippen molar-refractivity contribution >= 4 is 11.6 Å². The lowest BCUT2D eigenvalue weighted by Crippen LogP contribution is -2.28. The van der Waals surface area contributed by atoms with E-state index in [0.717, 1.165) is 49.7 Å². The van der Waals surface area contributed by atoms with Crippen LogP contribution >= 0.6 is 0 Å². The van der Waals surface area contributed by atoms with Crippen molar-refractivity contribution in [2.24, 2.45) is 0 Å². The van der Waals surface area contributed by atoms with Gasteiger partial charge in [0.15, 0.2) is 11.5 Å². The van der Waals surface area contributed by atoms with Gasteiger partial charge in [-0.1, -0.05) is 6.07 Å². The molecule has 1 atom stereocenters. The molecular formula is C22H24N2O3. The van der Waals surface area contributed by atoms with Crippen LogP contribution in [0, 0.1) is 0 Å². The Morgan fingerprint density at radius 2 is 1.70 bits per heavy atom. The molecule has 3 aliphatic heterocycles. The second-order valence-corrected chi connectivity index (χ2v) is 7.59. The summed E-state index contributed by atoms with van der Waals surface area (Å²) in [7, 11) is 0. The first-order valence-corrected chi connectivity index (χ1v) is 9.82. The van der Waals surface area contributed by atoms with Crippen LogP contribution in [-0.4, -0.2) is 43.8 Å². The third-order valence-corrected chi connectivity index (χ3v) is 5.93. The zero-order valence-corrected chi connectivity index (χ0v) is 15.4. The molecule has 0 bridgehead atoms. The van der Waals surface area contributed by atoms with Crippen LogP contribution in [0.25, 0.3) is 0 Å². The molecule has 1 amide bonds. The number of ether oxygens (including phenoxy) is 2. The summed E-state index contributed by atoms with van der Waals surface area (Å²) in [6, 6.07) is 14.3. The third-order valence-electron chi connectivity index (χ3n) is 5.93. The fourth-order valence-electron chi connectivity index (χ4n) is 4.36. The number of carbonyl (C=O) groups excluding carboxylic acids is 1. The average Bonchev–Trinajstić information content (AvgIpc) is 3.48. The number of anilines is 1. The first-order valence-electron chi connectivity index (χ1n) is 9.82. The lowest BCUT2D eigenvalue weighted by atomic mass is 9.98. The van der Waals surface area contributed by atoms with E-state index in [1.54, 1.807) is 0 Å². The first-order chi connectivity index (χ1) is 13.3. The predicted molar refractivity (Wildman–Crippen MR) is 104 cm³/mol. The second kappa shape index (κ2) is 6.80. The van der Waals surface area contributed by atoms with Gasteiger partial charge in [-0.05, 0) is 61.2 Å². The van der Waals surface area contributed by atoms with E-state index in [0.29, 0.717) is 12.7 Å². The Bertz CT molecular complexity index is 843. The van der Waals surface area contributed by atoms with Crippen molar-refractivity contribution in [3.8, 4) is 11.5 Å². The van der Waals surface area contributed by atoms with Crippen molar-refractivity contribution in [3.63, 3.8) is 0 Å². The summed E-state index contributed by atoms with van der Waals surface area (Å²) in [6.07, 6.45) is 3.50. The van der Waals surface area contributed by atoms with Crippen molar-refractivity contribution in [1.82, 2.24) is 4.90 Å². The molecule has 5 rings (SSSR count). The standard InChI is InChI=1S/C22H24N2O3/c25-22(16-3-6-19(7-4-16)23-10-1-2-11-23)24-12-9-18(14-24)17-5-8-20-21(13-17)27-15-26-20/h3-8,13,18H,1-2,9-12,14-15H2. The van der Waals surface area contributed by atoms with Gasteiger partial charge in [0.1, 0.15) is 0 Å². The maximum Gasteiger partial charge on any atom is 0.253 e. The van der Waals surface area contributed by atoms with Crippen LogP contribution in [0.4, 0.5) is 5.69 Å². The molecule has 0 N–H and O–H groups in total. The Labute approximate surface area is 159 Å². The third kappa shape index (κ3) is 3.11. The molecule has 0 aromatic heterocycles. The molecule has 3 heterocycles. The molecule has 27 heavy (non-hydrogen) atoms. The molecule has 3 aliphatic rings. The molecule has 2 saturated heterocycles. The smallest absolute Gasteiger partial charge is 0.253 e. The number of carbonyl (C=O) groups is 1. The Balaban J connectivity index is 1.26. The van der Waals surface area contributed by atoms with Crippen LogP contribution < -0.4 is 14.4 Å². The molecule has 1 unspecified atom stereocenters. The lowest BCUT2D eigenvalue weighted by Gasteiger charge is -2.19. The monoisotopic (exact) mass is 364 g/mol. The molecule has 0 aliphatic carbocycles. The van der Waals surface area contributed by atoms with E-state index in [1.807, 2.05) is 23.1 Å². The number of rotatable bonds is 3. The summed E-state index contributed by atoms with van der Waals surface area (Å²) in [6.45, 7) is 4.09. The van der Waals surface area contributed by atoms with E-state index in [4.69, 9.17) is 9.47 Å². The Kier molecular flexibility index (Phi) is 4.15. The molecular weight excluding hydrogens is 340 g/mol. The summed E-state index contributed by atoms with van der Waals surface area (Å²) in [5, 5.41) is 0. The number of nitrogens with zero attached hydrogens (tertiary/aromatic N) is 2. The molecule has 0 spiro atoms. The van der Waals surface area contributed by atoms with Crippen LogP contribution in [-0.2, 0) is 0 Å². The van der Waals surface area contributed by atoms with E-state index < -0.39 is 0 Å². The van der Waals surface area contributed by atoms with Gasteiger partial charge >= 0.3 is 0 Å². The summed E-state index contributed by atoms with van der Waals surface area (Å²) < 4.78 is 10.9. The van der Waals surface area contributed by atoms with Gasteiger partial charge in [0, 0.05) is 43.3 Å². The van der Waals surface area contributed by atoms with E-state index in [1.165, 1.54) is 24.1 Å². The Hall–Kier alpha value is -2.69. The number of hydrogen-bond donors (Lipinski definition) is 0. The average molecular weight is 364 g/mol. The maximum atomic E-state index is 12.9. The van der Waals surface area contributed by atoms with Gasteiger partial charge in [-0.15, -0.1) is 0 Å². The minimum Gasteiger partial charge on any atom is -0.454 e. The Morgan fingerprint density at radius 3 is 2.52 bits per heavy atom. The minimum absolute atomic E-state index is 0.131. The fraction of sp³-hybridized carbons (Fsp3) is 0.409. The summed E-state index contributed by atoms with van der Waals surface area (Å²) >= 11 is 0. The van der Waals surface area contributed by atoms with Crippen molar-refractivity contribution in [3.05, 3.63) is 53.6 Å².